The summed E-state index contributed by atoms with van der Waals surface area (Å²) in [6, 6.07) is 6.79. The molecule has 1 atom stereocenters. The van der Waals surface area contributed by atoms with E-state index in [9.17, 15) is 13.6 Å². The third kappa shape index (κ3) is 3.48. The SMILES string of the molecule is Cc1noc(C)c1-c1ccn2c(-c3ncco3)c([C@@H]3CCCC(=O)N3c3ccc(F)c(F)c3)nc2c1. The summed E-state index contributed by atoms with van der Waals surface area (Å²) in [7, 11) is 0. The molecular formula is C26H21F2N5O3. The molecule has 5 aromatic rings. The number of anilines is 1. The molecule has 0 aliphatic carbocycles. The first-order chi connectivity index (χ1) is 17.4. The number of benzene rings is 1. The molecule has 1 amide bonds. The van der Waals surface area contributed by atoms with Gasteiger partial charge in [0.05, 0.1) is 23.6 Å². The summed E-state index contributed by atoms with van der Waals surface area (Å²) in [6.45, 7) is 3.72. The highest BCUT2D eigenvalue weighted by Gasteiger charge is 2.36. The van der Waals surface area contributed by atoms with Crippen molar-refractivity contribution < 1.29 is 22.5 Å². The van der Waals surface area contributed by atoms with Crippen LogP contribution in [0.4, 0.5) is 14.5 Å². The van der Waals surface area contributed by atoms with Gasteiger partial charge < -0.3 is 13.8 Å². The average molecular weight is 489 g/mol. The monoisotopic (exact) mass is 489 g/mol. The molecule has 0 bridgehead atoms. The topological polar surface area (TPSA) is 89.7 Å². The average Bonchev–Trinajstić information content (AvgIpc) is 3.59. The zero-order chi connectivity index (χ0) is 25.0. The van der Waals surface area contributed by atoms with Crippen molar-refractivity contribution in [3.63, 3.8) is 0 Å². The number of carbonyl (C=O) groups is 1. The second-order valence-corrected chi connectivity index (χ2v) is 8.80. The molecule has 4 aromatic heterocycles. The van der Waals surface area contributed by atoms with E-state index in [2.05, 4.69) is 10.1 Å². The molecule has 0 saturated carbocycles. The van der Waals surface area contributed by atoms with Crippen molar-refractivity contribution in [3.05, 3.63) is 77.8 Å². The van der Waals surface area contributed by atoms with Crippen molar-refractivity contribution in [3.8, 4) is 22.7 Å². The van der Waals surface area contributed by atoms with Gasteiger partial charge in [0.15, 0.2) is 11.6 Å². The Morgan fingerprint density at radius 2 is 1.97 bits per heavy atom. The normalized spacial score (nSPS) is 16.3. The molecule has 0 radical (unpaired) electrons. The van der Waals surface area contributed by atoms with Crippen molar-refractivity contribution in [2.45, 2.75) is 39.2 Å². The number of aromatic nitrogens is 4. The molecule has 5 heterocycles. The Morgan fingerprint density at radius 1 is 1.11 bits per heavy atom. The summed E-state index contributed by atoms with van der Waals surface area (Å²) in [4.78, 5) is 23.9. The summed E-state index contributed by atoms with van der Waals surface area (Å²) in [5.74, 6) is -1.15. The second-order valence-electron chi connectivity index (χ2n) is 8.80. The van der Waals surface area contributed by atoms with Gasteiger partial charge in [0.25, 0.3) is 0 Å². The van der Waals surface area contributed by atoms with Gasteiger partial charge >= 0.3 is 0 Å². The Hall–Kier alpha value is -4.34. The molecule has 36 heavy (non-hydrogen) atoms. The predicted molar refractivity (Wildman–Crippen MR) is 126 cm³/mol. The quantitative estimate of drug-likeness (QED) is 0.317. The van der Waals surface area contributed by atoms with Gasteiger partial charge in [-0.2, -0.15) is 0 Å². The van der Waals surface area contributed by atoms with Gasteiger partial charge in [0.1, 0.15) is 23.4 Å². The highest BCUT2D eigenvalue weighted by molar-refractivity contribution is 5.95. The second kappa shape index (κ2) is 8.40. The number of oxazole rings is 1. The van der Waals surface area contributed by atoms with Crippen LogP contribution in [0.3, 0.4) is 0 Å². The van der Waals surface area contributed by atoms with Crippen molar-refractivity contribution in [1.82, 2.24) is 19.5 Å². The number of imidazole rings is 1. The lowest BCUT2D eigenvalue weighted by molar-refractivity contribution is -0.120. The number of rotatable bonds is 4. The molecular weight excluding hydrogens is 468 g/mol. The molecule has 0 spiro atoms. The summed E-state index contributed by atoms with van der Waals surface area (Å²) in [5, 5.41) is 4.05. The Balaban J connectivity index is 1.55. The maximum Gasteiger partial charge on any atom is 0.245 e. The first-order valence-electron chi connectivity index (χ1n) is 11.5. The molecule has 1 saturated heterocycles. The highest BCUT2D eigenvalue weighted by atomic mass is 19.2. The molecule has 1 aliphatic rings. The van der Waals surface area contributed by atoms with E-state index in [1.807, 2.05) is 36.6 Å². The lowest BCUT2D eigenvalue weighted by Crippen LogP contribution is -2.38. The molecule has 182 valence electrons. The zero-order valence-electron chi connectivity index (χ0n) is 19.5. The lowest BCUT2D eigenvalue weighted by Gasteiger charge is -2.35. The maximum absolute atomic E-state index is 14.1. The minimum absolute atomic E-state index is 0.191. The van der Waals surface area contributed by atoms with E-state index in [0.717, 1.165) is 29.0 Å². The molecule has 10 heteroatoms. The third-order valence-electron chi connectivity index (χ3n) is 6.56. The van der Waals surface area contributed by atoms with E-state index in [4.69, 9.17) is 13.9 Å². The molecule has 8 nitrogen and oxygen atoms in total. The van der Waals surface area contributed by atoms with Crippen LogP contribution in [0.2, 0.25) is 0 Å². The largest absolute Gasteiger partial charge is 0.443 e. The predicted octanol–water partition coefficient (Wildman–Crippen LogP) is 5.80. The zero-order valence-corrected chi connectivity index (χ0v) is 19.5. The smallest absolute Gasteiger partial charge is 0.245 e. The summed E-state index contributed by atoms with van der Waals surface area (Å²) in [5.41, 5.74) is 4.56. The number of hydrogen-bond donors (Lipinski definition) is 0. The van der Waals surface area contributed by atoms with Crippen LogP contribution in [0.15, 0.2) is 57.9 Å². The summed E-state index contributed by atoms with van der Waals surface area (Å²) >= 11 is 0. The first kappa shape index (κ1) is 22.1. The molecule has 1 aliphatic heterocycles. The fourth-order valence-electron chi connectivity index (χ4n) is 4.99. The number of aryl methyl sites for hydroxylation is 2. The lowest BCUT2D eigenvalue weighted by atomic mass is 9.96. The van der Waals surface area contributed by atoms with Gasteiger partial charge in [-0.25, -0.2) is 18.7 Å². The number of pyridine rings is 1. The number of amides is 1. The van der Waals surface area contributed by atoms with Gasteiger partial charge in [0, 0.05) is 29.9 Å². The van der Waals surface area contributed by atoms with Crippen LogP contribution in [0.5, 0.6) is 0 Å². The van der Waals surface area contributed by atoms with E-state index < -0.39 is 17.7 Å². The van der Waals surface area contributed by atoms with Crippen LogP contribution in [-0.2, 0) is 4.79 Å². The Labute approximate surface area is 204 Å². The maximum atomic E-state index is 14.1. The number of nitrogens with zero attached hydrogens (tertiary/aromatic N) is 5. The van der Waals surface area contributed by atoms with E-state index in [0.29, 0.717) is 47.9 Å². The van der Waals surface area contributed by atoms with Gasteiger partial charge in [-0.3, -0.25) is 9.20 Å². The molecule has 0 unspecified atom stereocenters. The molecule has 1 aromatic carbocycles. The Kier molecular flexibility index (Phi) is 5.17. The van der Waals surface area contributed by atoms with E-state index in [1.54, 1.807) is 0 Å². The number of fused-ring (bicyclic) bond motifs is 1. The van der Waals surface area contributed by atoms with E-state index in [-0.39, 0.29) is 11.6 Å². The molecule has 1 fully saturated rings. The number of halogens is 2. The van der Waals surface area contributed by atoms with E-state index >= 15 is 0 Å². The van der Waals surface area contributed by atoms with Crippen molar-refractivity contribution in [1.29, 1.82) is 0 Å². The highest BCUT2D eigenvalue weighted by Crippen LogP contribution is 2.40. The Bertz CT molecular complexity index is 1590. The Morgan fingerprint density at radius 3 is 2.69 bits per heavy atom. The van der Waals surface area contributed by atoms with Crippen LogP contribution in [-0.4, -0.2) is 25.4 Å². The van der Waals surface area contributed by atoms with Crippen LogP contribution >= 0.6 is 0 Å². The molecule has 0 N–H and O–H groups in total. The summed E-state index contributed by atoms with van der Waals surface area (Å²) in [6.07, 6.45) is 6.38. The van der Waals surface area contributed by atoms with Gasteiger partial charge in [-0.1, -0.05) is 5.16 Å². The number of piperidine rings is 1. The van der Waals surface area contributed by atoms with Crippen molar-refractivity contribution in [2.75, 3.05) is 4.90 Å². The van der Waals surface area contributed by atoms with E-state index in [1.165, 1.54) is 23.4 Å². The minimum atomic E-state index is -1.02. The van der Waals surface area contributed by atoms with Crippen LogP contribution in [0.1, 0.15) is 42.5 Å². The van der Waals surface area contributed by atoms with Crippen LogP contribution in [0, 0.1) is 25.5 Å². The van der Waals surface area contributed by atoms with Gasteiger partial charge in [-0.15, -0.1) is 0 Å². The number of hydrogen-bond acceptors (Lipinski definition) is 6. The fraction of sp³-hybridized carbons (Fsp3) is 0.231. The van der Waals surface area contributed by atoms with Crippen LogP contribution in [0.25, 0.3) is 28.4 Å². The van der Waals surface area contributed by atoms with Gasteiger partial charge in [-0.05, 0) is 56.5 Å². The first-order valence-corrected chi connectivity index (χ1v) is 11.5. The van der Waals surface area contributed by atoms with Crippen LogP contribution < -0.4 is 4.90 Å². The fourth-order valence-corrected chi connectivity index (χ4v) is 4.99. The van der Waals surface area contributed by atoms with Gasteiger partial charge in [0.2, 0.25) is 11.8 Å². The minimum Gasteiger partial charge on any atom is -0.443 e. The van der Waals surface area contributed by atoms with Crippen molar-refractivity contribution >= 4 is 17.2 Å². The summed E-state index contributed by atoms with van der Waals surface area (Å²) < 4.78 is 40.6. The molecule has 6 rings (SSSR count). The van der Waals surface area contributed by atoms with Crippen molar-refractivity contribution in [2.24, 2.45) is 0 Å². The third-order valence-corrected chi connectivity index (χ3v) is 6.56. The standard InChI is InChI=1S/C26H21F2N5O3/c1-14-23(15(2)36-31-14)16-8-10-32-21(12-16)30-24(25(32)26-29-9-11-35-26)20-4-3-5-22(34)33(20)17-6-7-18(27)19(28)13-17/h6-13,20H,3-5H2,1-2H3/t20-/m0/s1. The number of carbonyl (C=O) groups excluding carboxylic acids is 1.